The summed E-state index contributed by atoms with van der Waals surface area (Å²) in [5.74, 6) is -1.17. The number of halogens is 3. The zero-order valence-corrected chi connectivity index (χ0v) is 24.3. The van der Waals surface area contributed by atoms with Crippen molar-refractivity contribution in [1.82, 2.24) is 9.97 Å². The Kier molecular flexibility index (Phi) is 9.30. The molecule has 1 aliphatic carbocycles. The maximum Gasteiger partial charge on any atom is 0.433 e. The van der Waals surface area contributed by atoms with E-state index in [9.17, 15) is 31.2 Å². The Hall–Kier alpha value is -2.84. The van der Waals surface area contributed by atoms with E-state index in [1.54, 1.807) is 18.4 Å². The van der Waals surface area contributed by atoms with Gasteiger partial charge in [0.15, 0.2) is 0 Å². The molecule has 3 aromatic rings. The lowest BCUT2D eigenvalue weighted by atomic mass is 9.85. The predicted octanol–water partition coefficient (Wildman–Crippen LogP) is 6.17. The minimum absolute atomic E-state index is 0.146. The van der Waals surface area contributed by atoms with Gasteiger partial charge in [-0.25, -0.2) is 23.2 Å². The van der Waals surface area contributed by atoms with E-state index in [2.05, 4.69) is 22.2 Å². The lowest BCUT2D eigenvalue weighted by Gasteiger charge is -2.20. The molecule has 0 bridgehead atoms. The second-order valence-corrected chi connectivity index (χ2v) is 13.4. The van der Waals surface area contributed by atoms with Gasteiger partial charge in [0, 0.05) is 11.3 Å². The highest BCUT2D eigenvalue weighted by Gasteiger charge is 2.36. The van der Waals surface area contributed by atoms with Gasteiger partial charge < -0.3 is 10.1 Å². The number of rotatable bonds is 10. The molecular formula is C26H28F3N3O5S3. The van der Waals surface area contributed by atoms with Crippen molar-refractivity contribution in [2.75, 3.05) is 17.7 Å². The third kappa shape index (κ3) is 6.89. The third-order valence-electron chi connectivity index (χ3n) is 6.54. The van der Waals surface area contributed by atoms with Crippen molar-refractivity contribution in [2.24, 2.45) is 5.92 Å². The van der Waals surface area contributed by atoms with Crippen LogP contribution in [0.1, 0.15) is 66.0 Å². The van der Waals surface area contributed by atoms with E-state index in [1.807, 2.05) is 0 Å². The van der Waals surface area contributed by atoms with Gasteiger partial charge in [-0.15, -0.1) is 22.7 Å². The molecule has 0 saturated carbocycles. The first-order chi connectivity index (χ1) is 18.9. The van der Waals surface area contributed by atoms with Gasteiger partial charge >= 0.3 is 12.1 Å². The van der Waals surface area contributed by atoms with Gasteiger partial charge in [0.05, 0.1) is 28.5 Å². The highest BCUT2D eigenvalue weighted by atomic mass is 32.2. The Bertz CT molecular complexity index is 1480. The first kappa shape index (κ1) is 30.1. The molecule has 0 fully saturated rings. The van der Waals surface area contributed by atoms with E-state index in [0.717, 1.165) is 41.0 Å². The van der Waals surface area contributed by atoms with E-state index in [-0.39, 0.29) is 25.1 Å². The zero-order valence-electron chi connectivity index (χ0n) is 21.8. The largest absolute Gasteiger partial charge is 0.462 e. The summed E-state index contributed by atoms with van der Waals surface area (Å²) in [7, 11) is -4.33. The Morgan fingerprint density at radius 2 is 2.00 bits per heavy atom. The third-order valence-corrected chi connectivity index (χ3v) is 10.2. The van der Waals surface area contributed by atoms with E-state index in [1.165, 1.54) is 17.4 Å². The SMILES string of the molecule is CCOC(=O)c1c(NC(=O)CCCS(=O)(=O)c2nc(-c3cccs3)cc(C(F)(F)F)n2)sc2c1CC[C@@H](CC)C2. The highest BCUT2D eigenvalue weighted by Crippen LogP contribution is 2.41. The van der Waals surface area contributed by atoms with Gasteiger partial charge in [-0.05, 0) is 61.6 Å². The van der Waals surface area contributed by atoms with Crippen LogP contribution < -0.4 is 5.32 Å². The summed E-state index contributed by atoms with van der Waals surface area (Å²) in [5, 5.41) is 3.80. The van der Waals surface area contributed by atoms with Crippen LogP contribution in [-0.2, 0) is 38.4 Å². The fourth-order valence-corrected chi connectivity index (χ4v) is 7.71. The van der Waals surface area contributed by atoms with Crippen LogP contribution in [0.5, 0.6) is 0 Å². The van der Waals surface area contributed by atoms with Crippen LogP contribution in [0.3, 0.4) is 0 Å². The number of amides is 1. The number of aromatic nitrogens is 2. The summed E-state index contributed by atoms with van der Waals surface area (Å²) in [6, 6.07) is 3.85. The maximum absolute atomic E-state index is 13.4. The number of ether oxygens (including phenoxy) is 1. The minimum Gasteiger partial charge on any atom is -0.462 e. The number of anilines is 1. The number of carbonyl (C=O) groups is 2. The Labute approximate surface area is 237 Å². The fraction of sp³-hybridized carbons (Fsp3) is 0.462. The molecule has 1 atom stereocenters. The van der Waals surface area contributed by atoms with Gasteiger partial charge in [0.25, 0.3) is 0 Å². The van der Waals surface area contributed by atoms with Crippen molar-refractivity contribution in [3.05, 3.63) is 45.3 Å². The number of hydrogen-bond acceptors (Lipinski definition) is 9. The van der Waals surface area contributed by atoms with Crippen LogP contribution in [0, 0.1) is 5.92 Å². The molecule has 4 rings (SSSR count). The number of nitrogens with zero attached hydrogens (tertiary/aromatic N) is 2. The molecule has 3 heterocycles. The number of thiophene rings is 2. The van der Waals surface area contributed by atoms with Crippen LogP contribution in [0.4, 0.5) is 18.2 Å². The predicted molar refractivity (Wildman–Crippen MR) is 146 cm³/mol. The highest BCUT2D eigenvalue weighted by molar-refractivity contribution is 7.91. The van der Waals surface area contributed by atoms with Crippen LogP contribution >= 0.6 is 22.7 Å². The van der Waals surface area contributed by atoms with Crippen molar-refractivity contribution in [3.63, 3.8) is 0 Å². The Morgan fingerprint density at radius 1 is 1.23 bits per heavy atom. The number of nitrogens with one attached hydrogen (secondary N) is 1. The molecule has 3 aromatic heterocycles. The van der Waals surface area contributed by atoms with Crippen LogP contribution in [0.2, 0.25) is 0 Å². The maximum atomic E-state index is 13.4. The van der Waals surface area contributed by atoms with Crippen molar-refractivity contribution >= 4 is 49.4 Å². The van der Waals surface area contributed by atoms with Gasteiger partial charge in [0.1, 0.15) is 10.7 Å². The Balaban J connectivity index is 1.48. The molecular weight excluding hydrogens is 587 g/mol. The molecule has 0 radical (unpaired) electrons. The topological polar surface area (TPSA) is 115 Å². The summed E-state index contributed by atoms with van der Waals surface area (Å²) < 4.78 is 71.3. The van der Waals surface area contributed by atoms with Gasteiger partial charge in [0.2, 0.25) is 20.9 Å². The van der Waals surface area contributed by atoms with E-state index < -0.39 is 44.5 Å². The van der Waals surface area contributed by atoms with E-state index in [0.29, 0.717) is 33.8 Å². The smallest absolute Gasteiger partial charge is 0.433 e. The fourth-order valence-electron chi connectivity index (χ4n) is 4.47. The summed E-state index contributed by atoms with van der Waals surface area (Å²) in [6.45, 7) is 3.98. The molecule has 8 nitrogen and oxygen atoms in total. The van der Waals surface area contributed by atoms with Gasteiger partial charge in [-0.1, -0.05) is 19.4 Å². The first-order valence-electron chi connectivity index (χ1n) is 12.8. The average Bonchev–Trinajstić information content (AvgIpc) is 3.55. The number of carbonyl (C=O) groups excluding carboxylic acids is 2. The lowest BCUT2D eigenvalue weighted by molar-refractivity contribution is -0.141. The number of fused-ring (bicyclic) bond motifs is 1. The number of sulfone groups is 1. The second kappa shape index (κ2) is 12.4. The average molecular weight is 616 g/mol. The van der Waals surface area contributed by atoms with Crippen LogP contribution in [0.25, 0.3) is 10.6 Å². The quantitative estimate of drug-likeness (QED) is 0.214. The van der Waals surface area contributed by atoms with Crippen LogP contribution in [0.15, 0.2) is 28.7 Å². The standard InChI is InChI=1S/C26H28F3N3O5S3/c1-3-15-9-10-16-19(13-15)39-23(22(16)24(34)37-4-2)32-21(33)8-6-12-40(35,36)25-30-17(18-7-5-11-38-18)14-20(31-25)26(27,28)29/h5,7,11,14-15H,3-4,6,8-10,12-13H2,1-2H3,(H,32,33)/t15-/m1/s1. The van der Waals surface area contributed by atoms with E-state index >= 15 is 0 Å². The molecule has 40 heavy (non-hydrogen) atoms. The molecule has 0 unspecified atom stereocenters. The summed E-state index contributed by atoms with van der Waals surface area (Å²) in [4.78, 5) is 34.0. The van der Waals surface area contributed by atoms with Crippen molar-refractivity contribution < 1.29 is 35.9 Å². The van der Waals surface area contributed by atoms with Crippen molar-refractivity contribution in [2.45, 2.75) is 63.7 Å². The van der Waals surface area contributed by atoms with Crippen molar-refractivity contribution in [1.29, 1.82) is 0 Å². The molecule has 0 saturated heterocycles. The first-order valence-corrected chi connectivity index (χ1v) is 16.1. The summed E-state index contributed by atoms with van der Waals surface area (Å²) in [5.41, 5.74) is -0.280. The molecule has 0 aromatic carbocycles. The monoisotopic (exact) mass is 615 g/mol. The Morgan fingerprint density at radius 3 is 2.65 bits per heavy atom. The molecule has 216 valence electrons. The van der Waals surface area contributed by atoms with Crippen molar-refractivity contribution in [3.8, 4) is 10.6 Å². The van der Waals surface area contributed by atoms with Gasteiger partial charge in [-0.2, -0.15) is 13.2 Å². The molecule has 14 heteroatoms. The minimum atomic E-state index is -4.87. The number of alkyl halides is 3. The normalized spacial score (nSPS) is 15.5. The second-order valence-electron chi connectivity index (χ2n) is 9.31. The molecule has 1 aliphatic rings. The van der Waals surface area contributed by atoms with Gasteiger partial charge in [-0.3, -0.25) is 4.79 Å². The zero-order chi connectivity index (χ0) is 29.1. The number of esters is 1. The lowest BCUT2D eigenvalue weighted by Crippen LogP contribution is -2.19. The molecule has 1 N–H and O–H groups in total. The molecule has 0 spiro atoms. The summed E-state index contributed by atoms with van der Waals surface area (Å²) in [6.07, 6.45) is -1.83. The number of hydrogen-bond donors (Lipinski definition) is 1. The van der Waals surface area contributed by atoms with Crippen LogP contribution in [-0.4, -0.2) is 42.6 Å². The molecule has 1 amide bonds. The molecule has 0 aliphatic heterocycles. The van der Waals surface area contributed by atoms with E-state index in [4.69, 9.17) is 4.74 Å². The summed E-state index contributed by atoms with van der Waals surface area (Å²) >= 11 is 2.44.